The van der Waals surface area contributed by atoms with Crippen LogP contribution >= 0.6 is 0 Å². The number of hydrogen-bond donors (Lipinski definition) is 0. The lowest BCUT2D eigenvalue weighted by Gasteiger charge is -2.25. The summed E-state index contributed by atoms with van der Waals surface area (Å²) in [5.41, 5.74) is 4.16. The number of nitrogens with zero attached hydrogens (tertiary/aromatic N) is 1. The van der Waals surface area contributed by atoms with Crippen LogP contribution in [0.1, 0.15) is 59.3 Å². The predicted octanol–water partition coefficient (Wildman–Crippen LogP) is 3.90. The zero-order valence-corrected chi connectivity index (χ0v) is 17.3. The number of esters is 1. The van der Waals surface area contributed by atoms with Crippen LogP contribution in [0.4, 0.5) is 0 Å². The molecule has 2 aliphatic rings. The first-order valence-corrected chi connectivity index (χ1v) is 10.7. The average Bonchev–Trinajstić information content (AvgIpc) is 3.18. The molecule has 0 spiro atoms. The average molecular weight is 405 g/mol. The van der Waals surface area contributed by atoms with Gasteiger partial charge in [-0.3, -0.25) is 14.4 Å². The van der Waals surface area contributed by atoms with E-state index in [-0.39, 0.29) is 30.8 Å². The molecule has 2 aromatic carbocycles. The highest BCUT2D eigenvalue weighted by Crippen LogP contribution is 2.29. The largest absolute Gasteiger partial charge is 0.457 e. The minimum absolute atomic E-state index is 0.0608. The van der Waals surface area contributed by atoms with Gasteiger partial charge < -0.3 is 9.64 Å². The van der Waals surface area contributed by atoms with Crippen LogP contribution in [0, 0.1) is 5.92 Å². The molecule has 156 valence electrons. The van der Waals surface area contributed by atoms with Crippen molar-refractivity contribution in [3.63, 3.8) is 0 Å². The molecule has 5 nitrogen and oxygen atoms in total. The lowest BCUT2D eigenvalue weighted by Crippen LogP contribution is -2.30. The number of fused-ring (bicyclic) bond motifs is 1. The summed E-state index contributed by atoms with van der Waals surface area (Å²) in [5.74, 6) is -1.26. The molecule has 0 N–H and O–H groups in total. The van der Waals surface area contributed by atoms with Crippen LogP contribution in [0.3, 0.4) is 0 Å². The van der Waals surface area contributed by atoms with E-state index in [9.17, 15) is 14.4 Å². The number of aryl methyl sites for hydroxylation is 2. The molecule has 1 heterocycles. The predicted molar refractivity (Wildman–Crippen MR) is 113 cm³/mol. The minimum Gasteiger partial charge on any atom is -0.457 e. The van der Waals surface area contributed by atoms with Crippen molar-refractivity contribution in [1.29, 1.82) is 0 Å². The Bertz CT molecular complexity index is 953. The Hall–Kier alpha value is -2.95. The van der Waals surface area contributed by atoms with Gasteiger partial charge in [-0.25, -0.2) is 0 Å². The maximum Gasteiger partial charge on any atom is 0.311 e. The number of hydrogen-bond acceptors (Lipinski definition) is 4. The second kappa shape index (κ2) is 8.82. The van der Waals surface area contributed by atoms with E-state index in [1.807, 2.05) is 55.5 Å². The van der Waals surface area contributed by atoms with Gasteiger partial charge in [-0.15, -0.1) is 0 Å². The number of ether oxygens (including phenoxy) is 1. The normalized spacial score (nSPS) is 19.3. The van der Waals surface area contributed by atoms with Crippen LogP contribution in [0.2, 0.25) is 0 Å². The second-order valence-electron chi connectivity index (χ2n) is 8.26. The highest BCUT2D eigenvalue weighted by molar-refractivity contribution is 5.98. The van der Waals surface area contributed by atoms with E-state index in [1.54, 1.807) is 4.90 Å². The Morgan fingerprint density at radius 3 is 2.57 bits per heavy atom. The van der Waals surface area contributed by atoms with Gasteiger partial charge >= 0.3 is 5.97 Å². The van der Waals surface area contributed by atoms with E-state index in [1.165, 1.54) is 17.5 Å². The molecule has 1 fully saturated rings. The van der Waals surface area contributed by atoms with Gasteiger partial charge in [0.25, 0.3) is 0 Å². The SMILES string of the molecule is C[C@H](c1ccccc1)N1C[C@@H](C(=O)OCC(=O)c2ccc3c(c2)CCCC3)CC1=O. The third-order valence-corrected chi connectivity index (χ3v) is 6.26. The van der Waals surface area contributed by atoms with E-state index in [0.29, 0.717) is 12.1 Å². The van der Waals surface area contributed by atoms with Crippen molar-refractivity contribution >= 4 is 17.7 Å². The van der Waals surface area contributed by atoms with E-state index in [0.717, 1.165) is 24.8 Å². The zero-order chi connectivity index (χ0) is 21.1. The van der Waals surface area contributed by atoms with Gasteiger partial charge in [-0.05, 0) is 55.4 Å². The van der Waals surface area contributed by atoms with Crippen LogP contribution in [0.25, 0.3) is 0 Å². The topological polar surface area (TPSA) is 63.7 Å². The summed E-state index contributed by atoms with van der Waals surface area (Å²) >= 11 is 0. The standard InChI is InChI=1S/C25H27NO4/c1-17(18-7-3-2-4-8-18)26-15-22(14-24(26)28)25(29)30-16-23(27)21-12-11-19-9-5-6-10-20(19)13-21/h2-4,7-8,11-13,17,22H,5-6,9-10,14-16H2,1H3/t17-,22+/m1/s1. The van der Waals surface area contributed by atoms with Gasteiger partial charge in [0.1, 0.15) is 0 Å². The summed E-state index contributed by atoms with van der Waals surface area (Å²) in [6, 6.07) is 15.4. The number of amides is 1. The third-order valence-electron chi connectivity index (χ3n) is 6.26. The molecule has 0 unspecified atom stereocenters. The molecular formula is C25H27NO4. The minimum atomic E-state index is -0.528. The Labute approximate surface area is 177 Å². The quantitative estimate of drug-likeness (QED) is 0.540. The number of carbonyl (C=O) groups is 3. The summed E-state index contributed by atoms with van der Waals surface area (Å²) in [7, 11) is 0. The molecule has 1 saturated heterocycles. The van der Waals surface area contributed by atoms with Gasteiger partial charge in [0.15, 0.2) is 12.4 Å². The number of likely N-dealkylation sites (tertiary alicyclic amines) is 1. The molecule has 0 saturated carbocycles. The summed E-state index contributed by atoms with van der Waals surface area (Å²) < 4.78 is 5.30. The Morgan fingerprint density at radius 1 is 1.07 bits per heavy atom. The van der Waals surface area contributed by atoms with Crippen molar-refractivity contribution in [3.05, 3.63) is 70.8 Å². The summed E-state index contributed by atoms with van der Waals surface area (Å²) in [6.07, 6.45) is 4.52. The molecule has 4 rings (SSSR count). The smallest absolute Gasteiger partial charge is 0.311 e. The lowest BCUT2D eigenvalue weighted by molar-refractivity contribution is -0.147. The van der Waals surface area contributed by atoms with E-state index in [4.69, 9.17) is 4.74 Å². The first-order chi connectivity index (χ1) is 14.5. The molecule has 30 heavy (non-hydrogen) atoms. The molecule has 1 aliphatic heterocycles. The number of rotatable bonds is 6. The Kier molecular flexibility index (Phi) is 5.98. The summed E-state index contributed by atoms with van der Waals surface area (Å²) in [6.45, 7) is 2.00. The van der Waals surface area contributed by atoms with Gasteiger partial charge in [-0.1, -0.05) is 42.5 Å². The van der Waals surface area contributed by atoms with Crippen molar-refractivity contribution in [1.82, 2.24) is 4.90 Å². The summed E-state index contributed by atoms with van der Waals surface area (Å²) in [5, 5.41) is 0. The van der Waals surface area contributed by atoms with Crippen molar-refractivity contribution in [2.75, 3.05) is 13.2 Å². The molecule has 0 bridgehead atoms. The Morgan fingerprint density at radius 2 is 1.80 bits per heavy atom. The number of Topliss-reactive ketones (excluding diaryl/α,β-unsaturated/α-hetero) is 1. The van der Waals surface area contributed by atoms with Crippen molar-refractivity contribution in [2.45, 2.75) is 45.1 Å². The van der Waals surface area contributed by atoms with Gasteiger partial charge in [0, 0.05) is 18.5 Å². The van der Waals surface area contributed by atoms with Crippen molar-refractivity contribution in [2.24, 2.45) is 5.92 Å². The zero-order valence-electron chi connectivity index (χ0n) is 17.3. The maximum absolute atomic E-state index is 12.5. The second-order valence-corrected chi connectivity index (χ2v) is 8.26. The molecule has 1 amide bonds. The maximum atomic E-state index is 12.5. The Balaban J connectivity index is 1.33. The van der Waals surface area contributed by atoms with Gasteiger partial charge in [-0.2, -0.15) is 0 Å². The first-order valence-electron chi connectivity index (χ1n) is 10.7. The van der Waals surface area contributed by atoms with Gasteiger partial charge in [0.05, 0.1) is 12.0 Å². The van der Waals surface area contributed by atoms with E-state index >= 15 is 0 Å². The monoisotopic (exact) mass is 405 g/mol. The molecule has 1 aliphatic carbocycles. The molecule has 0 radical (unpaired) electrons. The van der Waals surface area contributed by atoms with Crippen LogP contribution in [-0.2, 0) is 27.2 Å². The third kappa shape index (κ3) is 4.30. The fourth-order valence-electron chi connectivity index (χ4n) is 4.42. The van der Waals surface area contributed by atoms with Crippen LogP contribution in [0.5, 0.6) is 0 Å². The molecule has 2 aromatic rings. The molecule has 5 heteroatoms. The summed E-state index contributed by atoms with van der Waals surface area (Å²) in [4.78, 5) is 39.2. The van der Waals surface area contributed by atoms with Crippen molar-refractivity contribution in [3.8, 4) is 0 Å². The highest BCUT2D eigenvalue weighted by Gasteiger charge is 2.38. The van der Waals surface area contributed by atoms with Gasteiger partial charge in [0.2, 0.25) is 5.91 Å². The van der Waals surface area contributed by atoms with E-state index < -0.39 is 11.9 Å². The molecular weight excluding hydrogens is 378 g/mol. The van der Waals surface area contributed by atoms with Crippen LogP contribution < -0.4 is 0 Å². The van der Waals surface area contributed by atoms with Crippen molar-refractivity contribution < 1.29 is 19.1 Å². The fraction of sp³-hybridized carbons (Fsp3) is 0.400. The number of carbonyl (C=O) groups excluding carboxylic acids is 3. The lowest BCUT2D eigenvalue weighted by atomic mass is 9.90. The van der Waals surface area contributed by atoms with Crippen LogP contribution in [-0.4, -0.2) is 35.7 Å². The highest BCUT2D eigenvalue weighted by atomic mass is 16.5. The number of ketones is 1. The first kappa shape index (κ1) is 20.3. The van der Waals surface area contributed by atoms with E-state index in [2.05, 4.69) is 0 Å². The molecule has 2 atom stereocenters. The number of benzene rings is 2. The fourth-order valence-corrected chi connectivity index (χ4v) is 4.42. The van der Waals surface area contributed by atoms with Crippen LogP contribution in [0.15, 0.2) is 48.5 Å². The molecule has 0 aromatic heterocycles.